The molecule has 0 radical (unpaired) electrons. The summed E-state index contributed by atoms with van der Waals surface area (Å²) >= 11 is 0. The number of para-hydroxylation sites is 1. The van der Waals surface area contributed by atoms with Gasteiger partial charge in [-0.15, -0.1) is 0 Å². The molecule has 4 nitrogen and oxygen atoms in total. The molecule has 0 bridgehead atoms. The number of carbonyl (C=O) groups is 2. The lowest BCUT2D eigenvalue weighted by Crippen LogP contribution is -2.36. The van der Waals surface area contributed by atoms with E-state index in [1.165, 1.54) is 12.1 Å². The SMILES string of the molecule is CCc1cccc(C)c1NC(=O)C(=O)NCCc1ccc(F)cc1. The van der Waals surface area contributed by atoms with Crippen molar-refractivity contribution in [2.24, 2.45) is 0 Å². The number of nitrogens with one attached hydrogen (secondary N) is 2. The van der Waals surface area contributed by atoms with Crippen molar-refractivity contribution in [2.45, 2.75) is 26.7 Å². The summed E-state index contributed by atoms with van der Waals surface area (Å²) < 4.78 is 12.8. The highest BCUT2D eigenvalue weighted by molar-refractivity contribution is 6.39. The highest BCUT2D eigenvalue weighted by Gasteiger charge is 2.15. The van der Waals surface area contributed by atoms with E-state index in [2.05, 4.69) is 10.6 Å². The van der Waals surface area contributed by atoms with Crippen LogP contribution in [0.2, 0.25) is 0 Å². The van der Waals surface area contributed by atoms with Crippen LogP contribution in [0.3, 0.4) is 0 Å². The summed E-state index contributed by atoms with van der Waals surface area (Å²) in [5.74, 6) is -1.66. The predicted octanol–water partition coefficient (Wildman–Crippen LogP) is 2.99. The normalized spacial score (nSPS) is 10.3. The molecule has 24 heavy (non-hydrogen) atoms. The second-order valence-electron chi connectivity index (χ2n) is 5.55. The first-order valence-electron chi connectivity index (χ1n) is 7.93. The topological polar surface area (TPSA) is 58.2 Å². The average molecular weight is 328 g/mol. The van der Waals surface area contributed by atoms with E-state index in [-0.39, 0.29) is 5.82 Å². The molecule has 0 aromatic heterocycles. The molecule has 0 aliphatic carbocycles. The summed E-state index contributed by atoms with van der Waals surface area (Å²) in [7, 11) is 0. The predicted molar refractivity (Wildman–Crippen MR) is 92.3 cm³/mol. The van der Waals surface area contributed by atoms with E-state index in [0.29, 0.717) is 18.7 Å². The summed E-state index contributed by atoms with van der Waals surface area (Å²) in [6.45, 7) is 4.20. The summed E-state index contributed by atoms with van der Waals surface area (Å²) in [4.78, 5) is 24.0. The van der Waals surface area contributed by atoms with Crippen molar-refractivity contribution in [2.75, 3.05) is 11.9 Å². The summed E-state index contributed by atoms with van der Waals surface area (Å²) in [5, 5.41) is 5.26. The molecular formula is C19H21FN2O2. The molecule has 2 aromatic carbocycles. The molecule has 0 fully saturated rings. The van der Waals surface area contributed by atoms with E-state index >= 15 is 0 Å². The van der Waals surface area contributed by atoms with Gasteiger partial charge in [-0.1, -0.05) is 37.3 Å². The summed E-state index contributed by atoms with van der Waals surface area (Å²) in [6, 6.07) is 11.8. The third-order valence-corrected chi connectivity index (χ3v) is 3.80. The fourth-order valence-corrected chi connectivity index (χ4v) is 2.42. The molecule has 126 valence electrons. The van der Waals surface area contributed by atoms with Crippen LogP contribution in [0.15, 0.2) is 42.5 Å². The Bertz CT molecular complexity index is 727. The molecule has 0 unspecified atom stereocenters. The summed E-state index contributed by atoms with van der Waals surface area (Å²) in [6.07, 6.45) is 1.30. The Labute approximate surface area is 141 Å². The Hall–Kier alpha value is -2.69. The standard InChI is InChI=1S/C19H21FN2O2/c1-3-15-6-4-5-13(2)17(15)22-19(24)18(23)21-12-11-14-7-9-16(20)10-8-14/h4-10H,3,11-12H2,1-2H3,(H,21,23)(H,22,24). The largest absolute Gasteiger partial charge is 0.347 e. The third-order valence-electron chi connectivity index (χ3n) is 3.80. The molecule has 0 spiro atoms. The van der Waals surface area contributed by atoms with Crippen molar-refractivity contribution < 1.29 is 14.0 Å². The molecule has 0 aliphatic heterocycles. The van der Waals surface area contributed by atoms with Crippen molar-refractivity contribution in [1.82, 2.24) is 5.32 Å². The smallest absolute Gasteiger partial charge is 0.313 e. The molecule has 2 aromatic rings. The van der Waals surface area contributed by atoms with Gasteiger partial charge in [-0.25, -0.2) is 4.39 Å². The van der Waals surface area contributed by atoms with Gasteiger partial charge in [0.15, 0.2) is 0 Å². The Balaban J connectivity index is 1.89. The minimum absolute atomic E-state index is 0.299. The van der Waals surface area contributed by atoms with Crippen LogP contribution in [-0.4, -0.2) is 18.4 Å². The molecule has 2 N–H and O–H groups in total. The Morgan fingerprint density at radius 2 is 1.75 bits per heavy atom. The fourth-order valence-electron chi connectivity index (χ4n) is 2.42. The van der Waals surface area contributed by atoms with Crippen LogP contribution in [0.1, 0.15) is 23.6 Å². The van der Waals surface area contributed by atoms with Crippen molar-refractivity contribution >= 4 is 17.5 Å². The second-order valence-corrected chi connectivity index (χ2v) is 5.55. The maximum atomic E-state index is 12.8. The zero-order valence-electron chi connectivity index (χ0n) is 13.9. The highest BCUT2D eigenvalue weighted by Crippen LogP contribution is 2.20. The molecule has 0 saturated carbocycles. The number of halogens is 1. The van der Waals surface area contributed by atoms with Gasteiger partial charge in [0.05, 0.1) is 0 Å². The number of carbonyl (C=O) groups excluding carboxylic acids is 2. The molecule has 0 heterocycles. The Kier molecular flexibility index (Phi) is 6.07. The Morgan fingerprint density at radius 1 is 1.04 bits per heavy atom. The minimum atomic E-state index is -0.682. The van der Waals surface area contributed by atoms with E-state index in [9.17, 15) is 14.0 Å². The highest BCUT2D eigenvalue weighted by atomic mass is 19.1. The molecular weight excluding hydrogens is 307 g/mol. The van der Waals surface area contributed by atoms with Crippen molar-refractivity contribution in [3.05, 3.63) is 65.0 Å². The van der Waals surface area contributed by atoms with E-state index in [1.807, 2.05) is 32.0 Å². The van der Waals surface area contributed by atoms with Gasteiger partial charge in [-0.3, -0.25) is 9.59 Å². The van der Waals surface area contributed by atoms with Gasteiger partial charge < -0.3 is 10.6 Å². The molecule has 2 amide bonds. The van der Waals surface area contributed by atoms with E-state index < -0.39 is 11.8 Å². The Morgan fingerprint density at radius 3 is 2.42 bits per heavy atom. The number of hydrogen-bond donors (Lipinski definition) is 2. The molecule has 0 aliphatic rings. The average Bonchev–Trinajstić information content (AvgIpc) is 2.58. The van der Waals surface area contributed by atoms with Gasteiger partial charge in [0, 0.05) is 12.2 Å². The maximum Gasteiger partial charge on any atom is 0.313 e. The first-order valence-corrected chi connectivity index (χ1v) is 7.93. The molecule has 0 atom stereocenters. The lowest BCUT2D eigenvalue weighted by Gasteiger charge is -2.12. The number of rotatable bonds is 5. The zero-order valence-corrected chi connectivity index (χ0v) is 13.9. The molecule has 2 rings (SSSR count). The van der Waals surface area contributed by atoms with Crippen LogP contribution >= 0.6 is 0 Å². The second kappa shape index (κ2) is 8.24. The lowest BCUT2D eigenvalue weighted by atomic mass is 10.1. The first kappa shape index (κ1) is 17.7. The van der Waals surface area contributed by atoms with Crippen LogP contribution in [0.5, 0.6) is 0 Å². The minimum Gasteiger partial charge on any atom is -0.347 e. The maximum absolute atomic E-state index is 12.8. The number of aryl methyl sites for hydroxylation is 2. The van der Waals surface area contributed by atoms with Crippen LogP contribution < -0.4 is 10.6 Å². The van der Waals surface area contributed by atoms with Crippen LogP contribution in [0.25, 0.3) is 0 Å². The van der Waals surface area contributed by atoms with E-state index in [1.54, 1.807) is 12.1 Å². The molecule has 0 saturated heterocycles. The van der Waals surface area contributed by atoms with Crippen molar-refractivity contribution in [3.63, 3.8) is 0 Å². The van der Waals surface area contributed by atoms with Gasteiger partial charge in [0.1, 0.15) is 5.82 Å². The number of benzene rings is 2. The van der Waals surface area contributed by atoms with Gasteiger partial charge in [-0.2, -0.15) is 0 Å². The van der Waals surface area contributed by atoms with E-state index in [4.69, 9.17) is 0 Å². The number of anilines is 1. The van der Waals surface area contributed by atoms with Gasteiger partial charge in [0.25, 0.3) is 0 Å². The van der Waals surface area contributed by atoms with Gasteiger partial charge in [-0.05, 0) is 48.6 Å². The monoisotopic (exact) mass is 328 g/mol. The zero-order chi connectivity index (χ0) is 17.5. The van der Waals surface area contributed by atoms with E-state index in [0.717, 1.165) is 23.1 Å². The van der Waals surface area contributed by atoms with Crippen molar-refractivity contribution in [1.29, 1.82) is 0 Å². The summed E-state index contributed by atoms with van der Waals surface area (Å²) in [5.41, 5.74) is 3.49. The van der Waals surface area contributed by atoms with Crippen LogP contribution in [-0.2, 0) is 22.4 Å². The molecule has 5 heteroatoms. The van der Waals surface area contributed by atoms with Crippen LogP contribution in [0.4, 0.5) is 10.1 Å². The third kappa shape index (κ3) is 4.65. The first-order chi connectivity index (χ1) is 11.5. The number of amides is 2. The quantitative estimate of drug-likeness (QED) is 0.829. The van der Waals surface area contributed by atoms with Gasteiger partial charge >= 0.3 is 11.8 Å². The van der Waals surface area contributed by atoms with Crippen LogP contribution in [0, 0.1) is 12.7 Å². The lowest BCUT2D eigenvalue weighted by molar-refractivity contribution is -0.136. The number of hydrogen-bond acceptors (Lipinski definition) is 2. The van der Waals surface area contributed by atoms with Crippen molar-refractivity contribution in [3.8, 4) is 0 Å². The van der Waals surface area contributed by atoms with Gasteiger partial charge in [0.2, 0.25) is 0 Å². The fraction of sp³-hybridized carbons (Fsp3) is 0.263.